The fourth-order valence-electron chi connectivity index (χ4n) is 6.41. The van der Waals surface area contributed by atoms with Crippen molar-refractivity contribution in [2.75, 3.05) is 6.61 Å². The number of nitrogens with zero attached hydrogens (tertiary/aromatic N) is 1. The van der Waals surface area contributed by atoms with Crippen LogP contribution in [0.15, 0.2) is 18.2 Å². The third-order valence-corrected chi connectivity index (χ3v) is 8.48. The number of hydrogen-bond acceptors (Lipinski definition) is 5. The zero-order valence-electron chi connectivity index (χ0n) is 17.6. The summed E-state index contributed by atoms with van der Waals surface area (Å²) in [5.41, 5.74) is 0.262. The maximum absolute atomic E-state index is 13.0. The number of amides is 2. The minimum Gasteiger partial charge on any atom is -0.457 e. The lowest BCUT2D eigenvalue weighted by Gasteiger charge is -2.33. The Balaban J connectivity index is 1.14. The van der Waals surface area contributed by atoms with Gasteiger partial charge in [0.1, 0.15) is 0 Å². The van der Waals surface area contributed by atoms with Crippen molar-refractivity contribution in [3.63, 3.8) is 0 Å². The van der Waals surface area contributed by atoms with Gasteiger partial charge >= 0.3 is 5.97 Å². The molecule has 32 heavy (non-hydrogen) atoms. The number of imide groups is 1. The molecule has 0 N–H and O–H groups in total. The van der Waals surface area contributed by atoms with Gasteiger partial charge in [0.15, 0.2) is 6.61 Å². The lowest BCUT2D eigenvalue weighted by atomic mass is 9.81. The molecule has 1 saturated heterocycles. The van der Waals surface area contributed by atoms with E-state index >= 15 is 0 Å². The molecule has 3 saturated carbocycles. The maximum Gasteiger partial charge on any atom is 0.309 e. The second-order valence-corrected chi connectivity index (χ2v) is 10.4. The topological polar surface area (TPSA) is 80.8 Å². The lowest BCUT2D eigenvalue weighted by Crippen LogP contribution is -2.44. The largest absolute Gasteiger partial charge is 0.457 e. The summed E-state index contributed by atoms with van der Waals surface area (Å²) >= 11 is 11.9. The van der Waals surface area contributed by atoms with Crippen LogP contribution in [-0.2, 0) is 19.1 Å². The Bertz CT molecular complexity index is 959. The molecular weight excluding hydrogens is 453 g/mol. The summed E-state index contributed by atoms with van der Waals surface area (Å²) in [6, 6.07) is 4.42. The van der Waals surface area contributed by atoms with Crippen molar-refractivity contribution in [3.8, 4) is 0 Å². The van der Waals surface area contributed by atoms with Gasteiger partial charge in [-0.15, -0.1) is 0 Å². The van der Waals surface area contributed by atoms with Gasteiger partial charge in [-0.1, -0.05) is 23.2 Å². The predicted octanol–water partition coefficient (Wildman–Crippen LogP) is 4.31. The third kappa shape index (κ3) is 3.65. The van der Waals surface area contributed by atoms with Gasteiger partial charge in [0, 0.05) is 16.6 Å². The van der Waals surface area contributed by atoms with Gasteiger partial charge < -0.3 is 4.74 Å². The van der Waals surface area contributed by atoms with Crippen LogP contribution in [0.1, 0.15) is 55.3 Å². The number of hydrogen-bond donors (Lipinski definition) is 0. The smallest absolute Gasteiger partial charge is 0.309 e. The monoisotopic (exact) mass is 477 g/mol. The number of fused-ring (bicyclic) bond motifs is 5. The van der Waals surface area contributed by atoms with Crippen LogP contribution in [0.2, 0.25) is 10.0 Å². The molecule has 2 amide bonds. The van der Waals surface area contributed by atoms with E-state index in [0.29, 0.717) is 42.5 Å². The first-order chi connectivity index (χ1) is 15.3. The Kier molecular flexibility index (Phi) is 5.79. The third-order valence-electron chi connectivity index (χ3n) is 7.93. The van der Waals surface area contributed by atoms with Crippen LogP contribution in [-0.4, -0.2) is 41.1 Å². The van der Waals surface area contributed by atoms with Gasteiger partial charge in [-0.3, -0.25) is 24.1 Å². The van der Waals surface area contributed by atoms with Gasteiger partial charge in [0.2, 0.25) is 17.6 Å². The fourth-order valence-corrected chi connectivity index (χ4v) is 6.92. The number of carbonyl (C=O) groups excluding carboxylic acids is 4. The molecule has 0 aromatic heterocycles. The summed E-state index contributed by atoms with van der Waals surface area (Å²) in [5, 5.41) is 0.642. The summed E-state index contributed by atoms with van der Waals surface area (Å²) < 4.78 is 5.26. The van der Waals surface area contributed by atoms with E-state index in [-0.39, 0.29) is 58.6 Å². The fraction of sp³-hybridized carbons (Fsp3) is 0.583. The first-order valence-electron chi connectivity index (χ1n) is 11.4. The summed E-state index contributed by atoms with van der Waals surface area (Å²) in [6.45, 7) is -0.380. The molecule has 1 aromatic carbocycles. The Morgan fingerprint density at radius 1 is 0.938 bits per heavy atom. The van der Waals surface area contributed by atoms with Gasteiger partial charge in [-0.05, 0) is 75.0 Å². The molecule has 0 spiro atoms. The van der Waals surface area contributed by atoms with Crippen molar-refractivity contribution in [2.24, 2.45) is 29.6 Å². The number of carbonyl (C=O) groups is 4. The number of halogens is 2. The van der Waals surface area contributed by atoms with E-state index in [2.05, 4.69) is 0 Å². The molecule has 3 aliphatic carbocycles. The number of esters is 1. The van der Waals surface area contributed by atoms with E-state index in [1.165, 1.54) is 17.0 Å². The lowest BCUT2D eigenvalue weighted by molar-refractivity contribution is -0.149. The molecule has 8 heteroatoms. The number of benzene rings is 1. The molecule has 4 fully saturated rings. The van der Waals surface area contributed by atoms with Crippen LogP contribution in [0.25, 0.3) is 0 Å². The van der Waals surface area contributed by atoms with Crippen LogP contribution in [0, 0.1) is 29.6 Å². The van der Waals surface area contributed by atoms with E-state index in [1.54, 1.807) is 6.07 Å². The van der Waals surface area contributed by atoms with Crippen molar-refractivity contribution in [1.82, 2.24) is 4.90 Å². The van der Waals surface area contributed by atoms with Crippen LogP contribution in [0.3, 0.4) is 0 Å². The number of likely N-dealkylation sites (tertiary alicyclic amines) is 1. The SMILES string of the molecule is O=C(COC(=O)C1CCC(N2C(=O)C3C4CCC(C4)C3C2=O)CC1)c1ccc(Cl)cc1Cl. The number of ether oxygens (including phenoxy) is 1. The van der Waals surface area contributed by atoms with Gasteiger partial charge in [0.25, 0.3) is 0 Å². The van der Waals surface area contributed by atoms with Gasteiger partial charge in [-0.2, -0.15) is 0 Å². The predicted molar refractivity (Wildman–Crippen MR) is 117 cm³/mol. The zero-order valence-corrected chi connectivity index (χ0v) is 19.1. The van der Waals surface area contributed by atoms with Crippen molar-refractivity contribution in [3.05, 3.63) is 33.8 Å². The van der Waals surface area contributed by atoms with Crippen molar-refractivity contribution in [2.45, 2.75) is 51.0 Å². The van der Waals surface area contributed by atoms with Crippen LogP contribution in [0.5, 0.6) is 0 Å². The van der Waals surface area contributed by atoms with Crippen LogP contribution < -0.4 is 0 Å². The van der Waals surface area contributed by atoms with E-state index in [4.69, 9.17) is 27.9 Å². The average Bonchev–Trinajstić information content (AvgIpc) is 3.46. The quantitative estimate of drug-likeness (QED) is 0.358. The summed E-state index contributed by atoms with van der Waals surface area (Å²) in [4.78, 5) is 52.4. The number of Topliss-reactive ketones (excluding diaryl/α,β-unsaturated/α-hetero) is 1. The molecule has 170 valence electrons. The molecule has 1 aliphatic heterocycles. The summed E-state index contributed by atoms with van der Waals surface area (Å²) in [5.74, 6) is -0.548. The molecule has 1 aromatic rings. The highest BCUT2D eigenvalue weighted by molar-refractivity contribution is 6.36. The molecule has 0 radical (unpaired) electrons. The molecule has 4 unspecified atom stereocenters. The van der Waals surface area contributed by atoms with Crippen LogP contribution in [0.4, 0.5) is 0 Å². The highest BCUT2D eigenvalue weighted by Gasteiger charge is 2.61. The van der Waals surface area contributed by atoms with Crippen molar-refractivity contribution < 1.29 is 23.9 Å². The Hall–Kier alpha value is -1.92. The molecule has 6 nitrogen and oxygen atoms in total. The van der Waals surface area contributed by atoms with E-state index in [0.717, 1.165) is 19.3 Å². The molecule has 4 aliphatic rings. The maximum atomic E-state index is 13.0. The minimum absolute atomic E-state index is 0.0173. The van der Waals surface area contributed by atoms with Gasteiger partial charge in [0.05, 0.1) is 22.8 Å². The molecule has 2 bridgehead atoms. The van der Waals surface area contributed by atoms with E-state index in [9.17, 15) is 19.2 Å². The number of rotatable bonds is 5. The van der Waals surface area contributed by atoms with E-state index in [1.807, 2.05) is 0 Å². The first kappa shape index (κ1) is 21.9. The summed E-state index contributed by atoms with van der Waals surface area (Å²) in [7, 11) is 0. The minimum atomic E-state index is -0.420. The molecule has 4 atom stereocenters. The second-order valence-electron chi connectivity index (χ2n) is 9.59. The zero-order chi connectivity index (χ0) is 22.6. The van der Waals surface area contributed by atoms with Crippen molar-refractivity contribution in [1.29, 1.82) is 0 Å². The molecule has 5 rings (SSSR count). The molecular formula is C24H25Cl2NO5. The highest BCUT2D eigenvalue weighted by atomic mass is 35.5. The highest BCUT2D eigenvalue weighted by Crippen LogP contribution is 2.56. The Morgan fingerprint density at radius 2 is 1.56 bits per heavy atom. The Morgan fingerprint density at radius 3 is 2.16 bits per heavy atom. The summed E-state index contributed by atoms with van der Waals surface area (Å²) in [6.07, 6.45) is 5.44. The van der Waals surface area contributed by atoms with Crippen LogP contribution >= 0.6 is 23.2 Å². The Labute approximate surface area is 196 Å². The van der Waals surface area contributed by atoms with E-state index < -0.39 is 5.97 Å². The number of ketones is 1. The average molecular weight is 478 g/mol. The molecule has 1 heterocycles. The van der Waals surface area contributed by atoms with Gasteiger partial charge in [-0.25, -0.2) is 0 Å². The second kappa shape index (κ2) is 8.45. The van der Waals surface area contributed by atoms with Crippen molar-refractivity contribution >= 4 is 46.8 Å². The standard InChI is InChI=1S/C24H25Cl2NO5/c25-15-5-8-17(18(26)10-15)19(28)11-32-24(31)12-3-6-16(7-4-12)27-22(29)20-13-1-2-14(9-13)21(20)23(27)30/h5,8,10,12-14,16,20-21H,1-4,6-7,9,11H2. The normalized spacial score (nSPS) is 33.5. The first-order valence-corrected chi connectivity index (χ1v) is 12.1.